The molecule has 0 saturated heterocycles. The van der Waals surface area contributed by atoms with Gasteiger partial charge in [0.2, 0.25) is 0 Å². The van der Waals surface area contributed by atoms with E-state index in [1.54, 1.807) is 0 Å². The van der Waals surface area contributed by atoms with Gasteiger partial charge >= 0.3 is 19.8 Å². The zero-order chi connectivity index (χ0) is 36.5. The average Bonchev–Trinajstić information content (AvgIpc) is 3.04. The van der Waals surface area contributed by atoms with Crippen LogP contribution in [0, 0.1) is 0 Å². The van der Waals surface area contributed by atoms with Crippen molar-refractivity contribution < 1.29 is 42.1 Å². The van der Waals surface area contributed by atoms with Gasteiger partial charge in [-0.3, -0.25) is 18.6 Å². The summed E-state index contributed by atoms with van der Waals surface area (Å²) in [6, 6.07) is 0. The van der Waals surface area contributed by atoms with Crippen LogP contribution in [0.5, 0.6) is 0 Å². The van der Waals surface area contributed by atoms with Crippen LogP contribution in [-0.4, -0.2) is 74.9 Å². The van der Waals surface area contributed by atoms with Gasteiger partial charge in [0.1, 0.15) is 19.8 Å². The van der Waals surface area contributed by atoms with Gasteiger partial charge in [0, 0.05) is 12.8 Å². The smallest absolute Gasteiger partial charge is 0.462 e. The molecule has 49 heavy (non-hydrogen) atoms. The number of carbonyl (C=O) groups is 2. The summed E-state index contributed by atoms with van der Waals surface area (Å²) in [5.74, 6) is -0.798. The monoisotopic (exact) mass is 721 g/mol. The second kappa shape index (κ2) is 32.9. The van der Waals surface area contributed by atoms with E-state index in [-0.39, 0.29) is 25.6 Å². The van der Waals surface area contributed by atoms with Crippen molar-refractivity contribution in [3.8, 4) is 0 Å². The summed E-state index contributed by atoms with van der Waals surface area (Å²) < 4.78 is 34.1. The third-order valence-corrected chi connectivity index (χ3v) is 9.87. The third-order valence-electron chi connectivity index (χ3n) is 8.89. The molecular weight excluding hydrogens is 641 g/mol. The van der Waals surface area contributed by atoms with E-state index in [0.29, 0.717) is 17.4 Å². The number of phosphoric ester groups is 1. The normalized spacial score (nSPS) is 13.7. The fourth-order valence-corrected chi connectivity index (χ4v) is 6.40. The quantitative estimate of drug-likeness (QED) is 0.0292. The summed E-state index contributed by atoms with van der Waals surface area (Å²) in [6.07, 6.45) is 30.4. The van der Waals surface area contributed by atoms with Gasteiger partial charge < -0.3 is 18.9 Å². The standard InChI is InChI=1S/C39H78NO8P/c1-6-8-10-12-14-15-16-17-18-19-20-21-22-23-24-25-26-28-30-32-39(42)48-37(35-45-38(41)31-29-27-13-11-9-7-2)36-47-49(43,44)46-34-33-40(3,4)5/h37H,6-36H2,1-5H3/p+1. The van der Waals surface area contributed by atoms with Gasteiger partial charge in [-0.05, 0) is 12.8 Å². The van der Waals surface area contributed by atoms with E-state index in [1.807, 2.05) is 21.1 Å². The van der Waals surface area contributed by atoms with E-state index in [4.69, 9.17) is 18.5 Å². The molecule has 0 bridgehead atoms. The van der Waals surface area contributed by atoms with Gasteiger partial charge in [0.05, 0.1) is 27.7 Å². The predicted molar refractivity (Wildman–Crippen MR) is 201 cm³/mol. The number of phosphoric acid groups is 1. The number of carbonyl (C=O) groups excluding carboxylic acids is 2. The molecule has 10 heteroatoms. The molecule has 0 aliphatic rings. The van der Waals surface area contributed by atoms with Crippen LogP contribution in [-0.2, 0) is 32.7 Å². The summed E-state index contributed by atoms with van der Waals surface area (Å²) in [7, 11) is 1.49. The summed E-state index contributed by atoms with van der Waals surface area (Å²) >= 11 is 0. The molecule has 292 valence electrons. The van der Waals surface area contributed by atoms with Crippen molar-refractivity contribution in [2.75, 3.05) is 47.5 Å². The third kappa shape index (κ3) is 36.6. The number of likely N-dealkylation sites (N-methyl/N-ethyl adjacent to an activating group) is 1. The second-order valence-corrected chi connectivity index (χ2v) is 16.5. The van der Waals surface area contributed by atoms with Gasteiger partial charge in [-0.2, -0.15) is 0 Å². The molecule has 0 aromatic carbocycles. The van der Waals surface area contributed by atoms with Gasteiger partial charge in [-0.15, -0.1) is 0 Å². The van der Waals surface area contributed by atoms with Crippen molar-refractivity contribution in [3.63, 3.8) is 0 Å². The van der Waals surface area contributed by atoms with E-state index in [2.05, 4.69) is 13.8 Å². The van der Waals surface area contributed by atoms with Crippen molar-refractivity contribution in [2.45, 2.75) is 193 Å². The number of hydrogen-bond donors (Lipinski definition) is 1. The number of rotatable bonds is 37. The molecule has 0 aromatic rings. The Morgan fingerprint density at radius 3 is 1.31 bits per heavy atom. The number of hydrogen-bond acceptors (Lipinski definition) is 7. The lowest BCUT2D eigenvalue weighted by molar-refractivity contribution is -0.870. The van der Waals surface area contributed by atoms with Gasteiger partial charge in [-0.25, -0.2) is 4.57 Å². The molecule has 0 saturated carbocycles. The van der Waals surface area contributed by atoms with Crippen LogP contribution in [0.3, 0.4) is 0 Å². The van der Waals surface area contributed by atoms with Crippen LogP contribution in [0.4, 0.5) is 0 Å². The molecule has 0 amide bonds. The van der Waals surface area contributed by atoms with E-state index in [9.17, 15) is 19.0 Å². The fraction of sp³-hybridized carbons (Fsp3) is 0.949. The highest BCUT2D eigenvalue weighted by molar-refractivity contribution is 7.47. The zero-order valence-electron chi connectivity index (χ0n) is 32.7. The lowest BCUT2D eigenvalue weighted by Gasteiger charge is -2.24. The number of esters is 2. The molecule has 0 aliphatic heterocycles. The van der Waals surface area contributed by atoms with Crippen molar-refractivity contribution >= 4 is 19.8 Å². The largest absolute Gasteiger partial charge is 0.472 e. The Morgan fingerprint density at radius 1 is 0.551 bits per heavy atom. The molecule has 0 heterocycles. The van der Waals surface area contributed by atoms with Gasteiger partial charge in [-0.1, -0.05) is 162 Å². The van der Waals surface area contributed by atoms with Gasteiger partial charge in [0.15, 0.2) is 6.10 Å². The topological polar surface area (TPSA) is 108 Å². The highest BCUT2D eigenvalue weighted by atomic mass is 31.2. The van der Waals surface area contributed by atoms with E-state index >= 15 is 0 Å². The fourth-order valence-electron chi connectivity index (χ4n) is 5.66. The molecule has 0 aromatic heterocycles. The maximum atomic E-state index is 12.6. The summed E-state index contributed by atoms with van der Waals surface area (Å²) in [5.41, 5.74) is 0. The lowest BCUT2D eigenvalue weighted by atomic mass is 10.0. The molecule has 2 atom stereocenters. The molecule has 1 N–H and O–H groups in total. The first kappa shape index (κ1) is 48.0. The highest BCUT2D eigenvalue weighted by Crippen LogP contribution is 2.43. The first-order valence-corrected chi connectivity index (χ1v) is 21.8. The van der Waals surface area contributed by atoms with Crippen LogP contribution >= 0.6 is 7.82 Å². The maximum Gasteiger partial charge on any atom is 0.472 e. The first-order valence-electron chi connectivity index (χ1n) is 20.3. The number of ether oxygens (including phenoxy) is 2. The Bertz CT molecular complexity index is 819. The van der Waals surface area contributed by atoms with Crippen LogP contribution in [0.25, 0.3) is 0 Å². The Hall–Kier alpha value is -0.990. The van der Waals surface area contributed by atoms with Gasteiger partial charge in [0.25, 0.3) is 0 Å². The number of nitrogens with zero attached hydrogens (tertiary/aromatic N) is 1. The molecule has 0 aliphatic carbocycles. The summed E-state index contributed by atoms with van der Waals surface area (Å²) in [4.78, 5) is 35.0. The molecule has 2 unspecified atom stereocenters. The minimum Gasteiger partial charge on any atom is -0.462 e. The average molecular weight is 721 g/mol. The van der Waals surface area contributed by atoms with Crippen LogP contribution < -0.4 is 0 Å². The van der Waals surface area contributed by atoms with E-state index in [0.717, 1.165) is 38.5 Å². The lowest BCUT2D eigenvalue weighted by Crippen LogP contribution is -2.37. The molecule has 9 nitrogen and oxygen atoms in total. The van der Waals surface area contributed by atoms with Crippen LogP contribution in [0.1, 0.15) is 187 Å². The number of unbranched alkanes of at least 4 members (excludes halogenated alkanes) is 23. The Morgan fingerprint density at radius 2 is 0.918 bits per heavy atom. The zero-order valence-corrected chi connectivity index (χ0v) is 33.6. The minimum atomic E-state index is -4.35. The Labute approximate surface area is 302 Å². The Kier molecular flexibility index (Phi) is 32.2. The van der Waals surface area contributed by atoms with Crippen molar-refractivity contribution in [3.05, 3.63) is 0 Å². The SMILES string of the molecule is CCCCCCCCCCCCCCCCCCCCCC(=O)OC(COC(=O)CCCCCCCC)COP(=O)(O)OCC[N+](C)(C)C. The molecular formula is C39H79NO8P+. The van der Waals surface area contributed by atoms with Crippen molar-refractivity contribution in [2.24, 2.45) is 0 Å². The second-order valence-electron chi connectivity index (χ2n) is 15.0. The van der Waals surface area contributed by atoms with Crippen molar-refractivity contribution in [1.29, 1.82) is 0 Å². The summed E-state index contributed by atoms with van der Waals surface area (Å²) in [5, 5.41) is 0. The highest BCUT2D eigenvalue weighted by Gasteiger charge is 2.27. The molecule has 0 radical (unpaired) electrons. The Balaban J connectivity index is 4.19. The molecule has 0 rings (SSSR count). The predicted octanol–water partition coefficient (Wildman–Crippen LogP) is 10.9. The maximum absolute atomic E-state index is 12.6. The number of quaternary nitrogens is 1. The molecule has 0 spiro atoms. The van der Waals surface area contributed by atoms with E-state index in [1.165, 1.54) is 122 Å². The van der Waals surface area contributed by atoms with Crippen molar-refractivity contribution in [1.82, 2.24) is 0 Å². The van der Waals surface area contributed by atoms with Crippen LogP contribution in [0.15, 0.2) is 0 Å². The van der Waals surface area contributed by atoms with Crippen LogP contribution in [0.2, 0.25) is 0 Å². The summed E-state index contributed by atoms with van der Waals surface area (Å²) in [6.45, 7) is 4.37. The van der Waals surface area contributed by atoms with E-state index < -0.39 is 26.5 Å². The minimum absolute atomic E-state index is 0.0361. The first-order chi connectivity index (χ1) is 23.5. The molecule has 0 fully saturated rings.